The lowest BCUT2D eigenvalue weighted by Gasteiger charge is -2.31. The molecule has 4 nitrogen and oxygen atoms in total. The summed E-state index contributed by atoms with van der Waals surface area (Å²) in [7, 11) is 0. The van der Waals surface area contributed by atoms with E-state index in [1.165, 1.54) is 30.5 Å². The minimum Gasteiger partial charge on any atom is -0.371 e. The van der Waals surface area contributed by atoms with E-state index in [2.05, 4.69) is 34.1 Å². The van der Waals surface area contributed by atoms with Crippen LogP contribution in [0.4, 0.5) is 5.69 Å². The second kappa shape index (κ2) is 6.03. The third-order valence-corrected chi connectivity index (χ3v) is 4.80. The molecule has 0 unspecified atom stereocenters. The predicted molar refractivity (Wildman–Crippen MR) is 90.3 cm³/mol. The van der Waals surface area contributed by atoms with Crippen molar-refractivity contribution in [3.63, 3.8) is 0 Å². The molecule has 0 atom stereocenters. The highest BCUT2D eigenvalue weighted by atomic mass is 16.2. The van der Waals surface area contributed by atoms with Gasteiger partial charge < -0.3 is 9.80 Å². The number of carbonyl (C=O) groups is 1. The summed E-state index contributed by atoms with van der Waals surface area (Å²) in [5.41, 5.74) is 4.16. The fourth-order valence-electron chi connectivity index (χ4n) is 3.60. The van der Waals surface area contributed by atoms with Crippen LogP contribution in [0.1, 0.15) is 40.9 Å². The van der Waals surface area contributed by atoms with E-state index in [0.717, 1.165) is 24.3 Å². The maximum atomic E-state index is 12.6. The van der Waals surface area contributed by atoms with Gasteiger partial charge in [-0.15, -0.1) is 0 Å². The van der Waals surface area contributed by atoms with E-state index in [1.54, 1.807) is 6.20 Å². The van der Waals surface area contributed by atoms with Crippen molar-refractivity contribution in [2.45, 2.75) is 32.4 Å². The van der Waals surface area contributed by atoms with E-state index < -0.39 is 0 Å². The third-order valence-electron chi connectivity index (χ3n) is 4.80. The number of para-hydroxylation sites is 1. The lowest BCUT2D eigenvalue weighted by molar-refractivity contribution is 0.0766. The number of rotatable bonds is 3. The lowest BCUT2D eigenvalue weighted by Crippen LogP contribution is -2.31. The summed E-state index contributed by atoms with van der Waals surface area (Å²) in [6.07, 6.45) is 5.60. The fraction of sp³-hybridized carbons (Fsp3) is 0.368. The molecular formula is C19H21N3O. The molecule has 1 fully saturated rings. The maximum Gasteiger partial charge on any atom is 0.256 e. The lowest BCUT2D eigenvalue weighted by atomic mass is 10.1. The number of hydrogen-bond donors (Lipinski definition) is 0. The number of nitrogens with zero attached hydrogens (tertiary/aromatic N) is 3. The van der Waals surface area contributed by atoms with Crippen LogP contribution in [0, 0.1) is 0 Å². The maximum absolute atomic E-state index is 12.6. The Balaban J connectivity index is 1.57. The molecule has 0 saturated carbocycles. The van der Waals surface area contributed by atoms with Crippen molar-refractivity contribution < 1.29 is 4.79 Å². The summed E-state index contributed by atoms with van der Waals surface area (Å²) >= 11 is 0. The number of hydrogen-bond acceptors (Lipinski definition) is 3. The second-order valence-electron chi connectivity index (χ2n) is 6.34. The van der Waals surface area contributed by atoms with Gasteiger partial charge >= 0.3 is 0 Å². The van der Waals surface area contributed by atoms with Gasteiger partial charge in [0.2, 0.25) is 0 Å². The van der Waals surface area contributed by atoms with Crippen molar-refractivity contribution in [2.24, 2.45) is 0 Å². The minimum atomic E-state index is 0.0987. The topological polar surface area (TPSA) is 36.4 Å². The molecule has 1 aromatic heterocycles. The van der Waals surface area contributed by atoms with Crippen molar-refractivity contribution in [1.29, 1.82) is 0 Å². The molecule has 4 heteroatoms. The van der Waals surface area contributed by atoms with Crippen LogP contribution in [0.25, 0.3) is 0 Å². The SMILES string of the molecule is O=C1c2cccnc2CN1Cc1ccccc1N1CCCCC1. The van der Waals surface area contributed by atoms with Crippen LogP contribution in [-0.2, 0) is 13.1 Å². The van der Waals surface area contributed by atoms with Crippen LogP contribution in [0.3, 0.4) is 0 Å². The third kappa shape index (κ3) is 2.69. The molecule has 0 aliphatic carbocycles. The Morgan fingerprint density at radius 2 is 1.83 bits per heavy atom. The first-order valence-corrected chi connectivity index (χ1v) is 8.39. The van der Waals surface area contributed by atoms with Crippen LogP contribution in [-0.4, -0.2) is 28.9 Å². The average molecular weight is 307 g/mol. The summed E-state index contributed by atoms with van der Waals surface area (Å²) in [6.45, 7) is 3.50. The van der Waals surface area contributed by atoms with Gasteiger partial charge in [0, 0.05) is 31.5 Å². The highest BCUT2D eigenvalue weighted by Crippen LogP contribution is 2.28. The smallest absolute Gasteiger partial charge is 0.256 e. The Bertz CT molecular complexity index is 722. The standard InChI is InChI=1S/C19H21N3O/c23-19-16-8-6-10-20-17(16)14-22(19)13-15-7-2-3-9-18(15)21-11-4-1-5-12-21/h2-3,6-10H,1,4-5,11-14H2. The van der Waals surface area contributed by atoms with Crippen LogP contribution < -0.4 is 4.90 Å². The Hall–Kier alpha value is -2.36. The quantitative estimate of drug-likeness (QED) is 0.873. The minimum absolute atomic E-state index is 0.0987. The van der Waals surface area contributed by atoms with Gasteiger partial charge in [-0.2, -0.15) is 0 Å². The van der Waals surface area contributed by atoms with Gasteiger partial charge in [-0.25, -0.2) is 0 Å². The van der Waals surface area contributed by atoms with Crippen LogP contribution >= 0.6 is 0 Å². The zero-order valence-corrected chi connectivity index (χ0v) is 13.2. The Kier molecular flexibility index (Phi) is 3.74. The Labute approximate surface area is 136 Å². The molecule has 0 spiro atoms. The first-order chi connectivity index (χ1) is 11.3. The number of carbonyl (C=O) groups excluding carboxylic acids is 1. The van der Waals surface area contributed by atoms with Crippen LogP contribution in [0.2, 0.25) is 0 Å². The Morgan fingerprint density at radius 3 is 2.65 bits per heavy atom. The number of amides is 1. The number of fused-ring (bicyclic) bond motifs is 1. The molecule has 118 valence electrons. The molecule has 4 rings (SSSR count). The van der Waals surface area contributed by atoms with Gasteiger partial charge in [-0.1, -0.05) is 18.2 Å². The largest absolute Gasteiger partial charge is 0.371 e. The van der Waals surface area contributed by atoms with Gasteiger partial charge in [0.05, 0.1) is 17.8 Å². The monoisotopic (exact) mass is 307 g/mol. The normalized spacial score (nSPS) is 17.5. The summed E-state index contributed by atoms with van der Waals surface area (Å²) in [5, 5.41) is 0. The first-order valence-electron chi connectivity index (χ1n) is 8.39. The van der Waals surface area contributed by atoms with Gasteiger partial charge in [-0.3, -0.25) is 9.78 Å². The summed E-state index contributed by atoms with van der Waals surface area (Å²) in [4.78, 5) is 21.3. The van der Waals surface area contributed by atoms with E-state index in [-0.39, 0.29) is 5.91 Å². The zero-order valence-electron chi connectivity index (χ0n) is 13.2. The molecule has 0 N–H and O–H groups in total. The number of pyridine rings is 1. The molecule has 2 aliphatic rings. The van der Waals surface area contributed by atoms with Gasteiger partial charge in [0.25, 0.3) is 5.91 Å². The van der Waals surface area contributed by atoms with Crippen molar-refractivity contribution in [3.05, 3.63) is 59.4 Å². The molecule has 1 amide bonds. The summed E-state index contributed by atoms with van der Waals surface area (Å²) < 4.78 is 0. The molecule has 23 heavy (non-hydrogen) atoms. The van der Waals surface area contributed by atoms with E-state index in [1.807, 2.05) is 17.0 Å². The molecule has 2 aromatic rings. The van der Waals surface area contributed by atoms with Crippen molar-refractivity contribution in [2.75, 3.05) is 18.0 Å². The summed E-state index contributed by atoms with van der Waals surface area (Å²) in [5.74, 6) is 0.0987. The van der Waals surface area contributed by atoms with Gasteiger partial charge in [-0.05, 0) is 43.0 Å². The van der Waals surface area contributed by atoms with Crippen LogP contribution in [0.15, 0.2) is 42.6 Å². The van der Waals surface area contributed by atoms with E-state index in [9.17, 15) is 4.79 Å². The number of benzene rings is 1. The Morgan fingerprint density at radius 1 is 1.00 bits per heavy atom. The van der Waals surface area contributed by atoms with E-state index in [4.69, 9.17) is 0 Å². The molecule has 0 radical (unpaired) electrons. The molecule has 0 bridgehead atoms. The number of anilines is 1. The average Bonchev–Trinajstić information content (AvgIpc) is 2.92. The van der Waals surface area contributed by atoms with E-state index in [0.29, 0.717) is 13.1 Å². The molecule has 1 aromatic carbocycles. The molecule has 3 heterocycles. The zero-order chi connectivity index (χ0) is 15.6. The first kappa shape index (κ1) is 14.2. The fourth-order valence-corrected chi connectivity index (χ4v) is 3.60. The molecular weight excluding hydrogens is 286 g/mol. The second-order valence-corrected chi connectivity index (χ2v) is 6.34. The molecule has 1 saturated heterocycles. The molecule has 2 aliphatic heterocycles. The van der Waals surface area contributed by atoms with Crippen molar-refractivity contribution in [3.8, 4) is 0 Å². The van der Waals surface area contributed by atoms with Gasteiger partial charge in [0.1, 0.15) is 0 Å². The highest BCUT2D eigenvalue weighted by molar-refractivity contribution is 5.97. The number of piperidine rings is 1. The van der Waals surface area contributed by atoms with Crippen molar-refractivity contribution in [1.82, 2.24) is 9.88 Å². The van der Waals surface area contributed by atoms with E-state index >= 15 is 0 Å². The summed E-state index contributed by atoms with van der Waals surface area (Å²) in [6, 6.07) is 12.2. The van der Waals surface area contributed by atoms with Gasteiger partial charge in [0.15, 0.2) is 0 Å². The number of aromatic nitrogens is 1. The highest BCUT2D eigenvalue weighted by Gasteiger charge is 2.28. The predicted octanol–water partition coefficient (Wildman–Crippen LogP) is 3.23. The van der Waals surface area contributed by atoms with Crippen molar-refractivity contribution >= 4 is 11.6 Å². The van der Waals surface area contributed by atoms with Crippen LogP contribution in [0.5, 0.6) is 0 Å².